The van der Waals surface area contributed by atoms with Crippen LogP contribution in [0.15, 0.2) is 24.3 Å². The van der Waals surface area contributed by atoms with Crippen molar-refractivity contribution in [1.82, 2.24) is 4.90 Å². The van der Waals surface area contributed by atoms with Gasteiger partial charge < -0.3 is 14.7 Å². The second-order valence-corrected chi connectivity index (χ2v) is 3.78. The summed E-state index contributed by atoms with van der Waals surface area (Å²) < 4.78 is 5.01. The van der Waals surface area contributed by atoms with Gasteiger partial charge in [0.25, 0.3) is 0 Å². The van der Waals surface area contributed by atoms with Crippen LogP contribution >= 0.6 is 0 Å². The molecule has 1 unspecified atom stereocenters. The summed E-state index contributed by atoms with van der Waals surface area (Å²) in [6.07, 6.45) is -0.667. The van der Waals surface area contributed by atoms with Crippen LogP contribution in [0.4, 0.5) is 0 Å². The van der Waals surface area contributed by atoms with Crippen LogP contribution in [-0.2, 0) is 4.79 Å². The average Bonchev–Trinajstić information content (AvgIpc) is 2.28. The van der Waals surface area contributed by atoms with Gasteiger partial charge in [-0.15, -0.1) is 0 Å². The number of methoxy groups -OCH3 is 1. The van der Waals surface area contributed by atoms with Gasteiger partial charge in [0.1, 0.15) is 5.75 Å². The summed E-state index contributed by atoms with van der Waals surface area (Å²) in [4.78, 5) is 12.9. The lowest BCUT2D eigenvalue weighted by Crippen LogP contribution is -2.23. The smallest absolute Gasteiger partial charge is 0.225 e. The zero-order valence-corrected chi connectivity index (χ0v) is 9.80. The van der Waals surface area contributed by atoms with Gasteiger partial charge in [-0.1, -0.05) is 12.1 Å². The molecule has 0 spiro atoms. The third kappa shape index (κ3) is 3.24. The van der Waals surface area contributed by atoms with Crippen molar-refractivity contribution in [3.63, 3.8) is 0 Å². The van der Waals surface area contributed by atoms with Crippen LogP contribution < -0.4 is 4.74 Å². The maximum Gasteiger partial charge on any atom is 0.225 e. The van der Waals surface area contributed by atoms with Gasteiger partial charge in [0, 0.05) is 14.1 Å². The molecule has 4 nitrogen and oxygen atoms in total. The quantitative estimate of drug-likeness (QED) is 0.834. The second kappa shape index (κ2) is 5.51. The minimum Gasteiger partial charge on any atom is -0.497 e. The van der Waals surface area contributed by atoms with Gasteiger partial charge in [-0.05, 0) is 17.7 Å². The molecule has 88 valence electrons. The fraction of sp³-hybridized carbons (Fsp3) is 0.417. The minimum atomic E-state index is -0.763. The molecule has 0 bridgehead atoms. The SMILES string of the molecule is COc1ccc(C(O)CC(=O)N(C)C)cc1. The third-order valence-electron chi connectivity index (χ3n) is 2.37. The summed E-state index contributed by atoms with van der Waals surface area (Å²) in [5.41, 5.74) is 0.719. The van der Waals surface area contributed by atoms with Crippen molar-refractivity contribution >= 4 is 5.91 Å². The van der Waals surface area contributed by atoms with Crippen molar-refractivity contribution in [1.29, 1.82) is 0 Å². The van der Waals surface area contributed by atoms with Crippen molar-refractivity contribution in [3.8, 4) is 5.75 Å². The Hall–Kier alpha value is -1.55. The van der Waals surface area contributed by atoms with Crippen LogP contribution in [0.5, 0.6) is 5.75 Å². The van der Waals surface area contributed by atoms with Crippen LogP contribution in [0.3, 0.4) is 0 Å². The van der Waals surface area contributed by atoms with E-state index < -0.39 is 6.10 Å². The summed E-state index contributed by atoms with van der Waals surface area (Å²) in [7, 11) is 4.92. The molecule has 0 saturated carbocycles. The van der Waals surface area contributed by atoms with Gasteiger partial charge in [-0.2, -0.15) is 0 Å². The number of benzene rings is 1. The molecule has 4 heteroatoms. The van der Waals surface area contributed by atoms with Crippen LogP contribution in [0, 0.1) is 0 Å². The molecule has 0 saturated heterocycles. The standard InChI is InChI=1S/C12H17NO3/c1-13(2)12(15)8-11(14)9-4-6-10(16-3)7-5-9/h4-7,11,14H,8H2,1-3H3. The van der Waals surface area contributed by atoms with E-state index in [0.717, 1.165) is 11.3 Å². The summed E-state index contributed by atoms with van der Waals surface area (Å²) in [6, 6.07) is 7.04. The van der Waals surface area contributed by atoms with Gasteiger partial charge in [0.05, 0.1) is 19.6 Å². The predicted molar refractivity (Wildman–Crippen MR) is 61.3 cm³/mol. The van der Waals surface area contributed by atoms with E-state index in [1.165, 1.54) is 4.90 Å². The lowest BCUT2D eigenvalue weighted by Gasteiger charge is -2.14. The summed E-state index contributed by atoms with van der Waals surface area (Å²) >= 11 is 0. The number of aliphatic hydroxyl groups excluding tert-OH is 1. The van der Waals surface area contributed by atoms with Crippen molar-refractivity contribution < 1.29 is 14.6 Å². The first-order chi connectivity index (χ1) is 7.54. The lowest BCUT2D eigenvalue weighted by atomic mass is 10.1. The average molecular weight is 223 g/mol. The highest BCUT2D eigenvalue weighted by Crippen LogP contribution is 2.20. The molecule has 0 aromatic heterocycles. The maximum absolute atomic E-state index is 11.4. The molecular formula is C12H17NO3. The number of hydrogen-bond acceptors (Lipinski definition) is 3. The number of hydrogen-bond donors (Lipinski definition) is 1. The zero-order chi connectivity index (χ0) is 12.1. The van der Waals surface area contributed by atoms with Gasteiger partial charge in [0.2, 0.25) is 5.91 Å². The number of carbonyl (C=O) groups is 1. The van der Waals surface area contributed by atoms with E-state index in [1.54, 1.807) is 45.5 Å². The minimum absolute atomic E-state index is 0.0941. The number of rotatable bonds is 4. The molecule has 0 aliphatic rings. The van der Waals surface area contributed by atoms with Gasteiger partial charge in [0.15, 0.2) is 0 Å². The fourth-order valence-electron chi connectivity index (χ4n) is 1.29. The Balaban J connectivity index is 2.65. The highest BCUT2D eigenvalue weighted by molar-refractivity contribution is 5.76. The summed E-state index contributed by atoms with van der Waals surface area (Å²) in [5.74, 6) is 0.637. The number of carbonyl (C=O) groups excluding carboxylic acids is 1. The van der Waals surface area contributed by atoms with E-state index in [2.05, 4.69) is 0 Å². The van der Waals surface area contributed by atoms with E-state index in [1.807, 2.05) is 0 Å². The van der Waals surface area contributed by atoms with E-state index in [0.29, 0.717) is 0 Å². The number of nitrogens with zero attached hydrogens (tertiary/aromatic N) is 1. The molecule has 1 atom stereocenters. The van der Waals surface area contributed by atoms with Crippen molar-refractivity contribution in [3.05, 3.63) is 29.8 Å². The van der Waals surface area contributed by atoms with Crippen molar-refractivity contribution in [2.75, 3.05) is 21.2 Å². The van der Waals surface area contributed by atoms with Crippen LogP contribution in [0.2, 0.25) is 0 Å². The first kappa shape index (κ1) is 12.5. The summed E-state index contributed by atoms with van der Waals surface area (Å²) in [5, 5.41) is 9.82. The van der Waals surface area contributed by atoms with Crippen LogP contribution in [0.25, 0.3) is 0 Å². The van der Waals surface area contributed by atoms with Crippen LogP contribution in [-0.4, -0.2) is 37.1 Å². The Morgan fingerprint density at radius 2 is 1.94 bits per heavy atom. The normalized spacial score (nSPS) is 12.0. The molecule has 1 aromatic rings. The Morgan fingerprint density at radius 3 is 2.38 bits per heavy atom. The highest BCUT2D eigenvalue weighted by Gasteiger charge is 2.14. The molecule has 0 aliphatic carbocycles. The number of aliphatic hydroxyl groups is 1. The molecule has 16 heavy (non-hydrogen) atoms. The number of ether oxygens (including phenoxy) is 1. The van der Waals surface area contributed by atoms with Gasteiger partial charge in [-0.25, -0.2) is 0 Å². The second-order valence-electron chi connectivity index (χ2n) is 3.78. The highest BCUT2D eigenvalue weighted by atomic mass is 16.5. The molecular weight excluding hydrogens is 206 g/mol. The lowest BCUT2D eigenvalue weighted by molar-refractivity contribution is -0.130. The third-order valence-corrected chi connectivity index (χ3v) is 2.37. The van der Waals surface area contributed by atoms with E-state index >= 15 is 0 Å². The maximum atomic E-state index is 11.4. The molecule has 1 aromatic carbocycles. The monoisotopic (exact) mass is 223 g/mol. The Kier molecular flexibility index (Phi) is 4.31. The Morgan fingerprint density at radius 1 is 1.38 bits per heavy atom. The van der Waals surface area contributed by atoms with E-state index in [4.69, 9.17) is 4.74 Å². The fourth-order valence-corrected chi connectivity index (χ4v) is 1.29. The van der Waals surface area contributed by atoms with Gasteiger partial charge >= 0.3 is 0 Å². The van der Waals surface area contributed by atoms with Crippen LogP contribution in [0.1, 0.15) is 18.1 Å². The summed E-state index contributed by atoms with van der Waals surface area (Å²) in [6.45, 7) is 0. The molecule has 0 heterocycles. The van der Waals surface area contributed by atoms with Crippen molar-refractivity contribution in [2.24, 2.45) is 0 Å². The van der Waals surface area contributed by atoms with Gasteiger partial charge in [-0.3, -0.25) is 4.79 Å². The zero-order valence-electron chi connectivity index (χ0n) is 9.80. The molecule has 1 rings (SSSR count). The first-order valence-corrected chi connectivity index (χ1v) is 5.06. The Labute approximate surface area is 95.5 Å². The predicted octanol–water partition coefficient (Wildman–Crippen LogP) is 1.21. The van der Waals surface area contributed by atoms with E-state index in [9.17, 15) is 9.90 Å². The Bertz CT molecular complexity index is 346. The molecule has 0 radical (unpaired) electrons. The molecule has 1 amide bonds. The van der Waals surface area contributed by atoms with E-state index in [-0.39, 0.29) is 12.3 Å². The topological polar surface area (TPSA) is 49.8 Å². The molecule has 0 aliphatic heterocycles. The largest absolute Gasteiger partial charge is 0.497 e. The molecule has 1 N–H and O–H groups in total. The number of amides is 1. The first-order valence-electron chi connectivity index (χ1n) is 5.06. The van der Waals surface area contributed by atoms with Crippen molar-refractivity contribution in [2.45, 2.75) is 12.5 Å². The molecule has 0 fully saturated rings.